The number of nitrogens with zero attached hydrogens (tertiary/aromatic N) is 4. The lowest BCUT2D eigenvalue weighted by atomic mass is 9.82. The fourth-order valence-corrected chi connectivity index (χ4v) is 13.6. The van der Waals surface area contributed by atoms with Crippen LogP contribution in [-0.4, -0.2) is 245 Å². The van der Waals surface area contributed by atoms with Crippen LogP contribution in [0.3, 0.4) is 0 Å². The topological polar surface area (TPSA) is 462 Å². The monoisotopic (exact) mass is 1350 g/mol. The first kappa shape index (κ1) is 72.8. The average molecular weight is 1360 g/mol. The standard InChI is InChI=1S/C62H86N10O20S2/c1-31(2)91-43-16-14-37(15-17-43)36-10-12-39(13-11-36)60-70-69-59(93-60)38-8-5-34(6-9-38)25-64-44-23-41(76)26-65-58(85)53-54(81)32(3)27-72(53)62(87)52(47(79)19-20-63-40(29-73)30-74)68-57(84)51(48(80)21-35-7-18-46(78)49(22-35)92-94(88,89)90)67-56(83)45-24-42(77)28-71(45)61(86)50(33(4)75)66-55(44)82/h7,10-18,22,31-34,38,40-42,44-45,47-48,50-54,63-64,73-81H,5-6,8-9,19-21,23-30H2,1-4H3,(H,65,85)(H,66,82)(H,67,83)(H,68,84)(H,88,89,90)/t32-,33+,34?,38?,41+,42+,44?,45-,47+,48+,50-,51-,52-,53-,54-/m0/s1. The minimum atomic E-state index is -5.22. The van der Waals surface area contributed by atoms with Crippen molar-refractivity contribution in [3.05, 3.63) is 77.3 Å². The lowest BCUT2D eigenvalue weighted by Crippen LogP contribution is -2.64. The molecule has 1 saturated carbocycles. The zero-order valence-electron chi connectivity index (χ0n) is 52.4. The van der Waals surface area contributed by atoms with Gasteiger partial charge in [-0.15, -0.1) is 10.2 Å². The number of hydrogen-bond donors (Lipinski definition) is 16. The maximum atomic E-state index is 15.0. The van der Waals surface area contributed by atoms with Gasteiger partial charge in [-0.1, -0.05) is 60.7 Å². The van der Waals surface area contributed by atoms with Gasteiger partial charge in [0.25, 0.3) is 0 Å². The predicted octanol–water partition coefficient (Wildman–Crippen LogP) is -2.04. The van der Waals surface area contributed by atoms with Crippen LogP contribution in [0.25, 0.3) is 21.7 Å². The van der Waals surface area contributed by atoms with Crippen LogP contribution < -0.4 is 40.8 Å². The zero-order chi connectivity index (χ0) is 68.3. The number of hydrogen-bond acceptors (Lipinski definition) is 24. The average Bonchev–Trinajstić information content (AvgIpc) is 1.62. The van der Waals surface area contributed by atoms with Crippen LogP contribution >= 0.6 is 11.3 Å². The lowest BCUT2D eigenvalue weighted by molar-refractivity contribution is -0.147. The molecule has 8 rings (SSSR count). The second kappa shape index (κ2) is 32.6. The largest absolute Gasteiger partial charge is 0.504 e. The minimum Gasteiger partial charge on any atom is -0.504 e. The highest BCUT2D eigenvalue weighted by Gasteiger charge is 2.50. The van der Waals surface area contributed by atoms with Crippen molar-refractivity contribution in [1.29, 1.82) is 0 Å². The summed E-state index contributed by atoms with van der Waals surface area (Å²) in [6.45, 7) is 4.10. The Kier molecular flexibility index (Phi) is 25.2. The molecule has 32 heteroatoms. The van der Waals surface area contributed by atoms with Crippen LogP contribution in [0.15, 0.2) is 66.7 Å². The van der Waals surface area contributed by atoms with Gasteiger partial charge in [0.1, 0.15) is 46.0 Å². The summed E-state index contributed by atoms with van der Waals surface area (Å²) in [5.41, 5.74) is 2.90. The van der Waals surface area contributed by atoms with Gasteiger partial charge >= 0.3 is 10.4 Å². The number of ether oxygens (including phenoxy) is 1. The highest BCUT2D eigenvalue weighted by Crippen LogP contribution is 2.39. The van der Waals surface area contributed by atoms with Crippen molar-refractivity contribution in [2.45, 2.75) is 170 Å². The number of aliphatic hydroxyl groups is 8. The van der Waals surface area contributed by atoms with Crippen molar-refractivity contribution < 1.29 is 96.6 Å². The first-order valence-corrected chi connectivity index (χ1v) is 33.6. The highest BCUT2D eigenvalue weighted by atomic mass is 32.3. The molecule has 13 atom stereocenters. The summed E-state index contributed by atoms with van der Waals surface area (Å²) in [6, 6.07) is 7.15. The van der Waals surface area contributed by atoms with Crippen molar-refractivity contribution in [2.24, 2.45) is 11.8 Å². The van der Waals surface area contributed by atoms with Crippen LogP contribution in [0.2, 0.25) is 0 Å². The number of fused-ring (bicyclic) bond motifs is 2. The molecule has 6 amide bonds. The number of phenolic OH excluding ortho intramolecular Hbond substituents is 1. The van der Waals surface area contributed by atoms with Crippen LogP contribution in [0.5, 0.6) is 17.2 Å². The van der Waals surface area contributed by atoms with Gasteiger partial charge in [-0.05, 0) is 119 Å². The molecule has 16 N–H and O–H groups in total. The number of carbonyl (C=O) groups excluding carboxylic acids is 6. The molecule has 4 heterocycles. The van der Waals surface area contributed by atoms with E-state index in [-0.39, 0.29) is 43.1 Å². The van der Waals surface area contributed by atoms with Crippen LogP contribution in [0.4, 0.5) is 0 Å². The van der Waals surface area contributed by atoms with E-state index in [1.807, 2.05) is 62.4 Å². The van der Waals surface area contributed by atoms with Crippen molar-refractivity contribution in [3.8, 4) is 38.9 Å². The molecule has 3 aliphatic heterocycles. The van der Waals surface area contributed by atoms with Gasteiger partial charge in [0.2, 0.25) is 35.4 Å². The van der Waals surface area contributed by atoms with Gasteiger partial charge in [0, 0.05) is 49.9 Å². The van der Waals surface area contributed by atoms with E-state index < -0.39 is 194 Å². The van der Waals surface area contributed by atoms with E-state index in [0.717, 1.165) is 73.3 Å². The Balaban J connectivity index is 1.04. The van der Waals surface area contributed by atoms with Crippen molar-refractivity contribution >= 4 is 57.2 Å². The van der Waals surface area contributed by atoms with Crippen LogP contribution in [0.1, 0.15) is 89.1 Å². The van der Waals surface area contributed by atoms with Gasteiger partial charge in [0.15, 0.2) is 11.5 Å². The Labute approximate surface area is 547 Å². The van der Waals surface area contributed by atoms with Gasteiger partial charge < -0.3 is 96.6 Å². The maximum Gasteiger partial charge on any atom is 0.446 e. The number of carbonyl (C=O) groups is 6. The van der Waals surface area contributed by atoms with E-state index in [2.05, 4.69) is 46.3 Å². The molecule has 30 nitrogen and oxygen atoms in total. The fraction of sp³-hybridized carbons (Fsp3) is 0.581. The van der Waals surface area contributed by atoms with E-state index >= 15 is 0 Å². The fourth-order valence-electron chi connectivity index (χ4n) is 12.2. The van der Waals surface area contributed by atoms with E-state index in [4.69, 9.17) is 4.74 Å². The number of β-amino-alcohol motifs (C(OH)–C–C–N with tert-alkyl or cyclic N) is 1. The number of phenols is 1. The highest BCUT2D eigenvalue weighted by molar-refractivity contribution is 7.81. The van der Waals surface area contributed by atoms with E-state index in [1.54, 1.807) is 0 Å². The van der Waals surface area contributed by atoms with Crippen molar-refractivity contribution in [1.82, 2.24) is 51.9 Å². The van der Waals surface area contributed by atoms with E-state index in [0.29, 0.717) is 12.8 Å². The lowest BCUT2D eigenvalue weighted by Gasteiger charge is -2.34. The molecule has 4 aliphatic rings. The van der Waals surface area contributed by atoms with Crippen molar-refractivity contribution in [2.75, 3.05) is 45.9 Å². The first-order chi connectivity index (χ1) is 44.6. The summed E-state index contributed by atoms with van der Waals surface area (Å²) in [7, 11) is -5.22. The third-order valence-electron chi connectivity index (χ3n) is 17.4. The minimum absolute atomic E-state index is 0.0103. The number of aromatic hydroxyl groups is 1. The van der Waals surface area contributed by atoms with Gasteiger partial charge in [-0.3, -0.25) is 33.3 Å². The molecule has 4 aromatic rings. The summed E-state index contributed by atoms with van der Waals surface area (Å²) < 4.78 is 42.8. The number of benzene rings is 3. The number of aromatic nitrogens is 2. The molecular weight excluding hydrogens is 1270 g/mol. The number of aliphatic hydroxyl groups excluding tert-OH is 8. The second-order valence-corrected chi connectivity index (χ2v) is 27.0. The molecule has 0 bridgehead atoms. The number of amides is 6. The third kappa shape index (κ3) is 18.9. The molecule has 0 radical (unpaired) electrons. The Bertz CT molecular complexity index is 3350. The summed E-state index contributed by atoms with van der Waals surface area (Å²) >= 11 is 1.52. The Morgan fingerprint density at radius 2 is 1.35 bits per heavy atom. The number of rotatable bonds is 21. The summed E-state index contributed by atoms with van der Waals surface area (Å²) in [5, 5.41) is 125. The van der Waals surface area contributed by atoms with Gasteiger partial charge in [0.05, 0.1) is 68.0 Å². The Hall–Kier alpha value is -7.05. The smallest absolute Gasteiger partial charge is 0.446 e. The molecular formula is C62H86N10O20S2. The second-order valence-electron chi connectivity index (χ2n) is 25.0. The SMILES string of the molecule is CC(C)Oc1ccc(-c2ccc(-c3nnc(C4CCC(CNC5C[C@@H](O)CNC(=O)[C@@H]6[C@@H](O)[C@@H](C)CN6C(=O)[C@H]([C@H](O)CCNC(CO)CO)NC(=O)[C@H]([C@H](O)Cc6ccc(O)c(OS(=O)(=O)O)c6)NC(=O)[C@@H]6C[C@@H](O)CN6C(=O)[C@H]([C@@H](C)O)NC5=O)CC4)s3)cc2)cc1. The summed E-state index contributed by atoms with van der Waals surface area (Å²) in [6.07, 6.45) is -9.37. The van der Waals surface area contributed by atoms with Crippen LogP contribution in [-0.2, 0) is 45.6 Å². The zero-order valence-corrected chi connectivity index (χ0v) is 54.1. The molecule has 94 heavy (non-hydrogen) atoms. The molecule has 1 unspecified atom stereocenters. The van der Waals surface area contributed by atoms with Crippen LogP contribution in [0, 0.1) is 11.8 Å². The molecule has 0 spiro atoms. The predicted molar refractivity (Wildman–Crippen MR) is 338 cm³/mol. The molecule has 1 aromatic heterocycles. The number of nitrogens with one attached hydrogen (secondary N) is 6. The molecule has 3 aromatic carbocycles. The normalized spacial score (nSPS) is 27.4. The maximum absolute atomic E-state index is 15.0. The summed E-state index contributed by atoms with van der Waals surface area (Å²) in [5.74, 6) is -8.31. The Morgan fingerprint density at radius 3 is 1.99 bits per heavy atom. The van der Waals surface area contributed by atoms with Gasteiger partial charge in [-0.25, -0.2) is 0 Å². The quantitative estimate of drug-likeness (QED) is 0.0400. The van der Waals surface area contributed by atoms with E-state index in [9.17, 15) is 87.7 Å². The Morgan fingerprint density at radius 1 is 0.723 bits per heavy atom. The van der Waals surface area contributed by atoms with Gasteiger partial charge in [-0.2, -0.15) is 8.42 Å². The third-order valence-corrected chi connectivity index (χ3v) is 18.9. The molecule has 4 fully saturated rings. The molecule has 516 valence electrons. The molecule has 1 aliphatic carbocycles. The van der Waals surface area contributed by atoms with E-state index in [1.165, 1.54) is 25.2 Å². The first-order valence-electron chi connectivity index (χ1n) is 31.4. The van der Waals surface area contributed by atoms with Crippen molar-refractivity contribution in [3.63, 3.8) is 0 Å². The molecule has 3 saturated heterocycles. The summed E-state index contributed by atoms with van der Waals surface area (Å²) in [4.78, 5) is 89.8.